The largest absolute Gasteiger partial charge is 0.475 e. The van der Waals surface area contributed by atoms with Crippen LogP contribution in [-0.2, 0) is 6.18 Å². The summed E-state index contributed by atoms with van der Waals surface area (Å²) in [6, 6.07) is 0.733. The second-order valence-corrected chi connectivity index (χ2v) is 11.9. The van der Waals surface area contributed by atoms with Gasteiger partial charge in [0.1, 0.15) is 47.8 Å². The van der Waals surface area contributed by atoms with Crippen LogP contribution in [0.5, 0.6) is 11.9 Å². The van der Waals surface area contributed by atoms with Crippen LogP contribution < -0.4 is 20.1 Å². The van der Waals surface area contributed by atoms with Crippen LogP contribution >= 0.6 is 11.6 Å². The van der Waals surface area contributed by atoms with Crippen molar-refractivity contribution in [1.82, 2.24) is 19.9 Å². The van der Waals surface area contributed by atoms with E-state index >= 15 is 4.39 Å². The van der Waals surface area contributed by atoms with Crippen LogP contribution in [0.4, 0.5) is 33.5 Å². The number of halogens is 6. The van der Waals surface area contributed by atoms with Gasteiger partial charge < -0.3 is 25.0 Å². The van der Waals surface area contributed by atoms with Crippen molar-refractivity contribution < 1.29 is 31.4 Å². The highest BCUT2D eigenvalue weighted by atomic mass is 35.5. The number of benzene rings is 1. The van der Waals surface area contributed by atoms with E-state index in [1.807, 2.05) is 9.80 Å². The maximum atomic E-state index is 16.5. The Balaban J connectivity index is 1.41. The molecule has 0 saturated carbocycles. The Morgan fingerprint density at radius 1 is 1.23 bits per heavy atom. The first-order valence-electron chi connectivity index (χ1n) is 13.8. The lowest BCUT2D eigenvalue weighted by atomic mass is 9.95. The van der Waals surface area contributed by atoms with Gasteiger partial charge in [0.25, 0.3) is 0 Å². The SMILES string of the molecule is [C-]#[N+]C1CCN2c3nc(OC[C@@]45CCCN4C[C@H](F)C5)nc4c(F)c(-c5cc(N)cc(Cl)c5C(F)(F)F)nc(c34)OCC12. The Morgan fingerprint density at radius 2 is 2.05 bits per heavy atom. The Morgan fingerprint density at radius 3 is 2.81 bits per heavy atom. The molecule has 3 aromatic rings. The number of aromatic nitrogens is 3. The van der Waals surface area contributed by atoms with E-state index in [9.17, 15) is 17.6 Å². The van der Waals surface area contributed by atoms with Gasteiger partial charge in [0.2, 0.25) is 11.9 Å². The Bertz CT molecular complexity index is 1680. The van der Waals surface area contributed by atoms with Crippen molar-refractivity contribution in [3.8, 4) is 23.1 Å². The number of pyridine rings is 1. The molecule has 0 spiro atoms. The van der Waals surface area contributed by atoms with Gasteiger partial charge >= 0.3 is 12.2 Å². The zero-order valence-corrected chi connectivity index (χ0v) is 23.4. The molecule has 4 atom stereocenters. The lowest BCUT2D eigenvalue weighted by Crippen LogP contribution is -2.43. The topological polar surface area (TPSA) is 94.0 Å². The van der Waals surface area contributed by atoms with Gasteiger partial charge in [-0.2, -0.15) is 23.1 Å². The predicted octanol–water partition coefficient (Wildman–Crippen LogP) is 5.30. The highest BCUT2D eigenvalue weighted by Crippen LogP contribution is 2.47. The number of ether oxygens (including phenoxy) is 2. The molecule has 2 aromatic heterocycles. The molecule has 3 fully saturated rings. The maximum Gasteiger partial charge on any atom is 0.418 e. The minimum atomic E-state index is -4.96. The summed E-state index contributed by atoms with van der Waals surface area (Å²) in [6.07, 6.45) is -3.58. The summed E-state index contributed by atoms with van der Waals surface area (Å²) in [7, 11) is 0. The number of nitrogens with zero attached hydrogens (tertiary/aromatic N) is 6. The summed E-state index contributed by atoms with van der Waals surface area (Å²) in [6.45, 7) is 9.09. The highest BCUT2D eigenvalue weighted by molar-refractivity contribution is 6.32. The van der Waals surface area contributed by atoms with Crippen molar-refractivity contribution in [2.75, 3.05) is 43.5 Å². The molecule has 0 aliphatic carbocycles. The molecular weight excluding hydrogens is 597 g/mol. The molecule has 6 heterocycles. The van der Waals surface area contributed by atoms with Gasteiger partial charge in [0.05, 0.1) is 16.1 Å². The molecule has 15 heteroatoms. The van der Waals surface area contributed by atoms with Crippen LogP contribution in [0.15, 0.2) is 12.1 Å². The molecular formula is C28H25ClF5N7O2. The van der Waals surface area contributed by atoms with Gasteiger partial charge in [0.15, 0.2) is 5.82 Å². The molecule has 2 N–H and O–H groups in total. The van der Waals surface area contributed by atoms with E-state index in [1.54, 1.807) is 0 Å². The molecule has 0 radical (unpaired) electrons. The lowest BCUT2D eigenvalue weighted by Gasteiger charge is -2.31. The summed E-state index contributed by atoms with van der Waals surface area (Å²) in [5.74, 6) is -1.15. The first kappa shape index (κ1) is 28.1. The van der Waals surface area contributed by atoms with Crippen molar-refractivity contribution in [2.45, 2.75) is 55.7 Å². The predicted molar refractivity (Wildman–Crippen MR) is 147 cm³/mol. The second kappa shape index (κ2) is 9.92. The van der Waals surface area contributed by atoms with E-state index in [0.717, 1.165) is 25.1 Å². The third kappa shape index (κ3) is 4.47. The molecule has 7 rings (SSSR count). The molecule has 4 aliphatic heterocycles. The number of fused-ring (bicyclic) bond motifs is 3. The molecule has 226 valence electrons. The van der Waals surface area contributed by atoms with Gasteiger partial charge in [-0.3, -0.25) is 4.90 Å². The third-order valence-corrected chi connectivity index (χ3v) is 9.23. The average molecular weight is 622 g/mol. The normalized spacial score (nSPS) is 26.6. The number of nitrogen functional groups attached to an aromatic ring is 1. The van der Waals surface area contributed by atoms with E-state index in [4.69, 9.17) is 33.4 Å². The molecule has 9 nitrogen and oxygen atoms in total. The third-order valence-electron chi connectivity index (χ3n) is 8.93. The van der Waals surface area contributed by atoms with Crippen molar-refractivity contribution in [3.05, 3.63) is 40.0 Å². The highest BCUT2D eigenvalue weighted by Gasteiger charge is 2.50. The van der Waals surface area contributed by atoms with Gasteiger partial charge in [0, 0.05) is 37.2 Å². The Labute approximate surface area is 247 Å². The first-order chi connectivity index (χ1) is 20.5. The Hall–Kier alpha value is -3.70. The fourth-order valence-electron chi connectivity index (χ4n) is 7.02. The number of rotatable bonds is 4. The van der Waals surface area contributed by atoms with Crippen LogP contribution in [-0.4, -0.2) is 76.5 Å². The monoisotopic (exact) mass is 621 g/mol. The molecule has 0 bridgehead atoms. The van der Waals surface area contributed by atoms with E-state index in [1.165, 1.54) is 0 Å². The van der Waals surface area contributed by atoms with Crippen molar-refractivity contribution in [1.29, 1.82) is 0 Å². The zero-order chi connectivity index (χ0) is 30.3. The first-order valence-corrected chi connectivity index (χ1v) is 14.2. The zero-order valence-electron chi connectivity index (χ0n) is 22.6. The minimum absolute atomic E-state index is 0.0352. The fraction of sp³-hybridized carbons (Fsp3) is 0.500. The smallest absolute Gasteiger partial charge is 0.418 e. The number of hydrogen-bond donors (Lipinski definition) is 1. The summed E-state index contributed by atoms with van der Waals surface area (Å²) in [4.78, 5) is 20.7. The van der Waals surface area contributed by atoms with E-state index in [0.29, 0.717) is 25.9 Å². The lowest BCUT2D eigenvalue weighted by molar-refractivity contribution is -0.137. The van der Waals surface area contributed by atoms with E-state index in [2.05, 4.69) is 19.8 Å². The number of hydrogen-bond acceptors (Lipinski definition) is 8. The fourth-order valence-corrected chi connectivity index (χ4v) is 7.36. The number of anilines is 2. The average Bonchev–Trinajstić information content (AvgIpc) is 3.58. The van der Waals surface area contributed by atoms with Crippen molar-refractivity contribution in [2.24, 2.45) is 0 Å². The van der Waals surface area contributed by atoms with Crippen LogP contribution in [0.25, 0.3) is 27.0 Å². The molecule has 3 saturated heterocycles. The summed E-state index contributed by atoms with van der Waals surface area (Å²) < 4.78 is 85.3. The maximum absolute atomic E-state index is 16.5. The number of alkyl halides is 4. The molecule has 43 heavy (non-hydrogen) atoms. The molecule has 4 aliphatic rings. The molecule has 0 amide bonds. The van der Waals surface area contributed by atoms with Crippen molar-refractivity contribution >= 4 is 34.0 Å². The van der Waals surface area contributed by atoms with Gasteiger partial charge in [-0.05, 0) is 31.5 Å². The van der Waals surface area contributed by atoms with E-state index < -0.39 is 57.6 Å². The molecule has 2 unspecified atom stereocenters. The van der Waals surface area contributed by atoms with Gasteiger partial charge in [-0.15, -0.1) is 0 Å². The van der Waals surface area contributed by atoms with Gasteiger partial charge in [-0.25, -0.2) is 20.3 Å². The van der Waals surface area contributed by atoms with Gasteiger partial charge in [-0.1, -0.05) is 11.6 Å². The second-order valence-electron chi connectivity index (χ2n) is 11.5. The quantitative estimate of drug-likeness (QED) is 0.238. The van der Waals surface area contributed by atoms with Crippen LogP contribution in [0.2, 0.25) is 5.02 Å². The summed E-state index contributed by atoms with van der Waals surface area (Å²) >= 11 is 5.96. The molecule has 1 aromatic carbocycles. The van der Waals surface area contributed by atoms with Crippen molar-refractivity contribution in [3.63, 3.8) is 0 Å². The number of nitrogens with two attached hydrogens (primary N) is 1. The summed E-state index contributed by atoms with van der Waals surface area (Å²) in [5.41, 5.74) is 2.09. The minimum Gasteiger partial charge on any atom is -0.475 e. The standard InChI is InChI=1S/C28H25ClF5N7O2/c1-36-17-3-6-41-18(17)11-42-25-19-23(21(31)22(37-25)15-7-14(35)8-16(29)20(15)28(32,33)34)38-26(39-24(19)41)43-12-27-4-2-5-40(27)10-13(30)9-27/h7-8,13,17-18H,2-6,9-12,35H2/t13-,17?,18?,27+/m1/s1. The Kier molecular flexibility index (Phi) is 6.48. The van der Waals surface area contributed by atoms with E-state index in [-0.39, 0.29) is 53.9 Å². The van der Waals surface area contributed by atoms with Crippen LogP contribution in [0.3, 0.4) is 0 Å². The van der Waals surface area contributed by atoms with Crippen LogP contribution in [0, 0.1) is 12.4 Å². The van der Waals surface area contributed by atoms with Crippen LogP contribution in [0.1, 0.15) is 31.2 Å². The summed E-state index contributed by atoms with van der Waals surface area (Å²) in [5, 5.41) is -0.665.